The third kappa shape index (κ3) is 37.3. The summed E-state index contributed by atoms with van der Waals surface area (Å²) in [5, 5.41) is 31.4. The van der Waals surface area contributed by atoms with Crippen LogP contribution < -0.4 is 0 Å². The van der Waals surface area contributed by atoms with Crippen LogP contribution in [0.15, 0.2) is 85.1 Å². The summed E-state index contributed by atoms with van der Waals surface area (Å²) in [6.07, 6.45) is 47.1. The van der Waals surface area contributed by atoms with Crippen LogP contribution in [0.3, 0.4) is 0 Å². The van der Waals surface area contributed by atoms with E-state index in [1.165, 1.54) is 44.9 Å². The minimum absolute atomic E-state index is 0.0271. The molecule has 12 heteroatoms. The number of allylic oxidation sites excluding steroid dienone is 14. The largest absolute Gasteiger partial charge is 0.479 e. The molecule has 1 heterocycles. The van der Waals surface area contributed by atoms with E-state index in [0.717, 1.165) is 109 Å². The number of hydrogen-bond acceptors (Lipinski definition) is 11. The first kappa shape index (κ1) is 64.9. The van der Waals surface area contributed by atoms with Crippen molar-refractivity contribution in [2.24, 2.45) is 0 Å². The number of ether oxygens (including phenoxy) is 5. The van der Waals surface area contributed by atoms with Gasteiger partial charge < -0.3 is 39.0 Å². The van der Waals surface area contributed by atoms with Crippen molar-refractivity contribution in [3.63, 3.8) is 0 Å². The second kappa shape index (κ2) is 46.9. The number of esters is 3. The van der Waals surface area contributed by atoms with Crippen molar-refractivity contribution < 1.29 is 58.2 Å². The molecule has 6 atom stereocenters. The summed E-state index contributed by atoms with van der Waals surface area (Å²) >= 11 is 0. The quantitative estimate of drug-likeness (QED) is 0.0228. The predicted molar refractivity (Wildman–Crippen MR) is 284 cm³/mol. The van der Waals surface area contributed by atoms with E-state index < -0.39 is 67.3 Å². The van der Waals surface area contributed by atoms with Crippen molar-refractivity contribution in [1.29, 1.82) is 0 Å². The molecule has 1 saturated heterocycles. The molecule has 0 aromatic rings. The molecule has 0 bridgehead atoms. The molecule has 3 N–H and O–H groups in total. The summed E-state index contributed by atoms with van der Waals surface area (Å²) in [5.41, 5.74) is 0. The lowest BCUT2D eigenvalue weighted by atomic mass is 9.98. The van der Waals surface area contributed by atoms with Gasteiger partial charge in [0.05, 0.1) is 6.61 Å². The first-order valence-corrected chi connectivity index (χ1v) is 27.6. The van der Waals surface area contributed by atoms with E-state index in [-0.39, 0.29) is 25.9 Å². The smallest absolute Gasteiger partial charge is 0.335 e. The Morgan fingerprint density at radius 2 is 0.887 bits per heavy atom. The van der Waals surface area contributed by atoms with Crippen molar-refractivity contribution in [3.05, 3.63) is 85.1 Å². The maximum absolute atomic E-state index is 13.1. The van der Waals surface area contributed by atoms with E-state index in [2.05, 4.69) is 106 Å². The number of aliphatic hydroxyl groups is 2. The van der Waals surface area contributed by atoms with Crippen molar-refractivity contribution in [2.75, 3.05) is 13.2 Å². The lowest BCUT2D eigenvalue weighted by Crippen LogP contribution is -2.61. The Bertz CT molecular complexity index is 1560. The van der Waals surface area contributed by atoms with Crippen molar-refractivity contribution >= 4 is 23.9 Å². The van der Waals surface area contributed by atoms with Crippen molar-refractivity contribution in [2.45, 2.75) is 250 Å². The lowest BCUT2D eigenvalue weighted by molar-refractivity contribution is -0.301. The maximum Gasteiger partial charge on any atom is 0.335 e. The van der Waals surface area contributed by atoms with Crippen LogP contribution in [0.4, 0.5) is 0 Å². The molecule has 1 aliphatic heterocycles. The second-order valence-corrected chi connectivity index (χ2v) is 18.5. The van der Waals surface area contributed by atoms with Gasteiger partial charge in [-0.2, -0.15) is 0 Å². The van der Waals surface area contributed by atoms with Gasteiger partial charge in [0.2, 0.25) is 0 Å². The van der Waals surface area contributed by atoms with E-state index >= 15 is 0 Å². The number of unbranched alkanes of at least 4 members (excludes halogenated alkanes) is 17. The third-order valence-corrected chi connectivity index (χ3v) is 12.0. The monoisotopic (exact) mass is 997 g/mol. The van der Waals surface area contributed by atoms with Gasteiger partial charge in [0.1, 0.15) is 18.8 Å². The molecule has 404 valence electrons. The molecule has 71 heavy (non-hydrogen) atoms. The van der Waals surface area contributed by atoms with Gasteiger partial charge >= 0.3 is 23.9 Å². The summed E-state index contributed by atoms with van der Waals surface area (Å²) in [6.45, 7) is 5.70. The van der Waals surface area contributed by atoms with Crippen LogP contribution in [0.2, 0.25) is 0 Å². The number of carbonyl (C=O) groups excluding carboxylic acids is 3. The van der Waals surface area contributed by atoms with Gasteiger partial charge in [-0.15, -0.1) is 0 Å². The van der Waals surface area contributed by atoms with Crippen LogP contribution in [0, 0.1) is 0 Å². The second-order valence-electron chi connectivity index (χ2n) is 18.5. The first-order valence-electron chi connectivity index (χ1n) is 27.6. The number of carbonyl (C=O) groups is 4. The average molecular weight is 997 g/mol. The van der Waals surface area contributed by atoms with Gasteiger partial charge in [-0.05, 0) is 89.9 Å². The Morgan fingerprint density at radius 3 is 1.37 bits per heavy atom. The first-order chi connectivity index (χ1) is 34.6. The highest BCUT2D eigenvalue weighted by Crippen LogP contribution is 2.26. The Labute approximate surface area is 429 Å². The molecule has 0 aromatic carbocycles. The number of carboxylic acids is 1. The zero-order chi connectivity index (χ0) is 51.8. The Balaban J connectivity index is 2.73. The van der Waals surface area contributed by atoms with Crippen molar-refractivity contribution in [1.82, 2.24) is 0 Å². The Morgan fingerprint density at radius 1 is 0.479 bits per heavy atom. The summed E-state index contributed by atoms with van der Waals surface area (Å²) in [4.78, 5) is 50.9. The zero-order valence-electron chi connectivity index (χ0n) is 44.2. The summed E-state index contributed by atoms with van der Waals surface area (Å²) in [7, 11) is 0. The molecule has 0 amide bonds. The van der Waals surface area contributed by atoms with Crippen LogP contribution in [-0.4, -0.2) is 89.2 Å². The van der Waals surface area contributed by atoms with Crippen LogP contribution in [-0.2, 0) is 42.9 Å². The summed E-state index contributed by atoms with van der Waals surface area (Å²) in [6, 6.07) is 0. The third-order valence-electron chi connectivity index (χ3n) is 12.0. The van der Waals surface area contributed by atoms with Crippen LogP contribution in [0.5, 0.6) is 0 Å². The van der Waals surface area contributed by atoms with Crippen molar-refractivity contribution in [3.8, 4) is 0 Å². The predicted octanol–water partition coefficient (Wildman–Crippen LogP) is 13.6. The van der Waals surface area contributed by atoms with Gasteiger partial charge in [0.25, 0.3) is 0 Å². The van der Waals surface area contributed by atoms with E-state index in [1.807, 2.05) is 0 Å². The molecule has 1 fully saturated rings. The Kier molecular flexibility index (Phi) is 42.9. The van der Waals surface area contributed by atoms with Crippen LogP contribution >= 0.6 is 0 Å². The number of aliphatic carboxylic acids is 1. The van der Waals surface area contributed by atoms with E-state index in [0.29, 0.717) is 19.3 Å². The number of rotatable bonds is 45. The Hall–Kier alpha value is -4.10. The molecule has 0 aromatic heterocycles. The highest BCUT2D eigenvalue weighted by Gasteiger charge is 2.50. The summed E-state index contributed by atoms with van der Waals surface area (Å²) in [5.74, 6) is -3.20. The fourth-order valence-electron chi connectivity index (χ4n) is 7.78. The van der Waals surface area contributed by atoms with E-state index in [4.69, 9.17) is 23.7 Å². The molecule has 1 rings (SSSR count). The minimum Gasteiger partial charge on any atom is -0.479 e. The minimum atomic E-state index is -1.92. The molecular formula is C59H96O12. The van der Waals surface area contributed by atoms with Gasteiger partial charge in [0.15, 0.2) is 24.6 Å². The standard InChI is InChI=1S/C59H96O12/c1-4-7-10-13-16-19-22-24-25-26-27-29-32-35-38-41-44-47-53(62)70-57-55(64)54(63)56(58(65)66)71-59(57)68-49-50(69-52(61)46-43-40-37-34-30-21-18-15-12-9-6-3)48-67-51(60)45-42-39-36-33-31-28-23-20-17-14-11-8-5-2/h7-8,10-11,16-17,19-20,24-25,27-29,31,50,54-57,59,63-64H,4-6,9,12-15,18,21-23,26,30,32-49H2,1-3H3,(H,65,66)/b10-7-,11-8-,19-16-,20-17-,25-24-,29-27-,31-28-. The highest BCUT2D eigenvalue weighted by atomic mass is 16.7. The molecule has 0 spiro atoms. The number of aliphatic hydroxyl groups excluding tert-OH is 2. The number of carboxylic acid groups (broad SMARTS) is 1. The normalized spacial score (nSPS) is 19.1. The molecule has 12 nitrogen and oxygen atoms in total. The van der Waals surface area contributed by atoms with Crippen LogP contribution in [0.1, 0.15) is 213 Å². The zero-order valence-corrected chi connectivity index (χ0v) is 44.2. The molecule has 0 saturated carbocycles. The molecular weight excluding hydrogens is 901 g/mol. The topological polar surface area (TPSA) is 175 Å². The maximum atomic E-state index is 13.1. The number of hydrogen-bond donors (Lipinski definition) is 3. The SMILES string of the molecule is CC/C=C\C/C=C\C/C=C\C/C=C\CCCCCCC(=O)OC1C(OCC(COC(=O)CCCCC/C=C\C/C=C\C/C=C\CC)OC(=O)CCCCCCCCCCCCC)OC(C(=O)O)C(O)C1O. The molecule has 6 unspecified atom stereocenters. The van der Waals surface area contributed by atoms with E-state index in [1.54, 1.807) is 0 Å². The molecule has 0 radical (unpaired) electrons. The molecule has 0 aliphatic carbocycles. The summed E-state index contributed by atoms with van der Waals surface area (Å²) < 4.78 is 28.3. The van der Waals surface area contributed by atoms with Crippen LogP contribution in [0.25, 0.3) is 0 Å². The fourth-order valence-corrected chi connectivity index (χ4v) is 7.78. The van der Waals surface area contributed by atoms with E-state index in [9.17, 15) is 34.5 Å². The molecule has 1 aliphatic rings. The van der Waals surface area contributed by atoms with Gasteiger partial charge in [-0.25, -0.2) is 4.79 Å². The lowest BCUT2D eigenvalue weighted by Gasteiger charge is -2.40. The average Bonchev–Trinajstić information content (AvgIpc) is 3.35. The highest BCUT2D eigenvalue weighted by molar-refractivity contribution is 5.74. The van der Waals surface area contributed by atoms with Gasteiger partial charge in [-0.3, -0.25) is 14.4 Å². The fraction of sp³-hybridized carbons (Fsp3) is 0.695. The van der Waals surface area contributed by atoms with Gasteiger partial charge in [0, 0.05) is 19.3 Å². The van der Waals surface area contributed by atoms with Gasteiger partial charge in [-0.1, -0.05) is 189 Å².